The predicted molar refractivity (Wildman–Crippen MR) is 111 cm³/mol. The summed E-state index contributed by atoms with van der Waals surface area (Å²) in [5.41, 5.74) is 1.98. The number of anilines is 1. The van der Waals surface area contributed by atoms with Crippen molar-refractivity contribution in [3.8, 4) is 11.5 Å². The maximum Gasteiger partial charge on any atom is 0.262 e. The maximum absolute atomic E-state index is 12.5. The van der Waals surface area contributed by atoms with Gasteiger partial charge in [0.25, 0.3) is 11.8 Å². The van der Waals surface area contributed by atoms with E-state index < -0.39 is 0 Å². The largest absolute Gasteiger partial charge is 0.493 e. The second-order valence-corrected chi connectivity index (χ2v) is 7.60. The Kier molecular flexibility index (Phi) is 5.94. The highest BCUT2D eigenvalue weighted by atomic mass is 32.2. The maximum atomic E-state index is 12.5. The molecule has 0 bridgehead atoms. The van der Waals surface area contributed by atoms with E-state index in [1.54, 1.807) is 38.5 Å². The molecule has 0 aliphatic carbocycles. The molecule has 28 heavy (non-hydrogen) atoms. The van der Waals surface area contributed by atoms with Gasteiger partial charge in [0.1, 0.15) is 0 Å². The van der Waals surface area contributed by atoms with Crippen LogP contribution < -0.4 is 20.1 Å². The van der Waals surface area contributed by atoms with Crippen LogP contribution in [0.25, 0.3) is 6.08 Å². The minimum Gasteiger partial charge on any atom is -0.493 e. The number of amides is 2. The highest BCUT2D eigenvalue weighted by Gasteiger charge is 2.22. The van der Waals surface area contributed by atoms with Gasteiger partial charge < -0.3 is 20.1 Å². The predicted octanol–water partition coefficient (Wildman–Crippen LogP) is 3.93. The monoisotopic (exact) mass is 398 g/mol. The Bertz CT molecular complexity index is 953. The molecule has 3 rings (SSSR count). The van der Waals surface area contributed by atoms with Crippen molar-refractivity contribution in [2.75, 3.05) is 19.5 Å². The molecule has 7 heteroatoms. The second-order valence-electron chi connectivity index (χ2n) is 6.52. The third-order valence-corrected chi connectivity index (χ3v) is 5.16. The van der Waals surface area contributed by atoms with Gasteiger partial charge in [-0.1, -0.05) is 17.8 Å². The van der Waals surface area contributed by atoms with Gasteiger partial charge in [-0.3, -0.25) is 9.59 Å². The van der Waals surface area contributed by atoms with E-state index in [1.165, 1.54) is 11.8 Å². The molecule has 0 unspecified atom stereocenters. The van der Waals surface area contributed by atoms with Crippen molar-refractivity contribution in [1.29, 1.82) is 0 Å². The summed E-state index contributed by atoms with van der Waals surface area (Å²) in [6, 6.07) is 10.8. The third kappa shape index (κ3) is 4.31. The standard InChI is InChI=1S/C21H22N2O4S/c1-12(2)22-20(24)14-6-8-18-15(11-14)23-21(25)19(28-18)10-13-5-7-16(26-3)17(9-13)27-4/h5-12H,1-4H3,(H,22,24)(H,23,25)/b19-10+. The van der Waals surface area contributed by atoms with E-state index in [9.17, 15) is 9.59 Å². The normalized spacial score (nSPS) is 14.5. The molecule has 2 N–H and O–H groups in total. The van der Waals surface area contributed by atoms with Gasteiger partial charge in [0.15, 0.2) is 11.5 Å². The average Bonchev–Trinajstić information content (AvgIpc) is 2.67. The summed E-state index contributed by atoms with van der Waals surface area (Å²) in [5.74, 6) is 0.847. The Hall–Kier alpha value is -2.93. The molecule has 0 spiro atoms. The summed E-state index contributed by atoms with van der Waals surface area (Å²) in [5, 5.41) is 5.71. The van der Waals surface area contributed by atoms with E-state index in [2.05, 4.69) is 10.6 Å². The van der Waals surface area contributed by atoms with Crippen LogP contribution in [0.15, 0.2) is 46.2 Å². The van der Waals surface area contributed by atoms with Gasteiger partial charge in [-0.15, -0.1) is 0 Å². The number of carbonyl (C=O) groups excluding carboxylic acids is 2. The van der Waals surface area contributed by atoms with Crippen LogP contribution in [0.2, 0.25) is 0 Å². The minimum atomic E-state index is -0.214. The van der Waals surface area contributed by atoms with Crippen molar-refractivity contribution in [3.05, 3.63) is 52.4 Å². The number of ether oxygens (including phenoxy) is 2. The van der Waals surface area contributed by atoms with Gasteiger partial charge in [0.2, 0.25) is 0 Å². The number of hydrogen-bond acceptors (Lipinski definition) is 5. The SMILES string of the molecule is COc1ccc(/C=C2/Sc3ccc(C(=O)NC(C)C)cc3NC2=O)cc1OC. The second kappa shape index (κ2) is 8.39. The molecule has 2 aromatic carbocycles. The number of carbonyl (C=O) groups is 2. The summed E-state index contributed by atoms with van der Waals surface area (Å²) >= 11 is 1.36. The molecule has 2 amide bonds. The molecular weight excluding hydrogens is 376 g/mol. The van der Waals surface area contributed by atoms with Crippen molar-refractivity contribution in [1.82, 2.24) is 5.32 Å². The fraction of sp³-hybridized carbons (Fsp3) is 0.238. The topological polar surface area (TPSA) is 76.7 Å². The summed E-state index contributed by atoms with van der Waals surface area (Å²) in [6.45, 7) is 3.80. The van der Waals surface area contributed by atoms with E-state index in [1.807, 2.05) is 32.0 Å². The number of thioether (sulfide) groups is 1. The van der Waals surface area contributed by atoms with Gasteiger partial charge >= 0.3 is 0 Å². The molecular formula is C21H22N2O4S. The third-order valence-electron chi connectivity index (χ3n) is 4.06. The summed E-state index contributed by atoms with van der Waals surface area (Å²) in [7, 11) is 3.15. The van der Waals surface area contributed by atoms with E-state index in [-0.39, 0.29) is 17.9 Å². The Labute approximate surface area is 168 Å². The zero-order valence-corrected chi connectivity index (χ0v) is 17.0. The molecule has 146 valence electrons. The zero-order valence-electron chi connectivity index (χ0n) is 16.2. The first-order valence-electron chi connectivity index (χ1n) is 8.79. The van der Waals surface area contributed by atoms with Crippen molar-refractivity contribution >= 4 is 35.3 Å². The quantitative estimate of drug-likeness (QED) is 0.747. The van der Waals surface area contributed by atoms with Crippen molar-refractivity contribution < 1.29 is 19.1 Å². The molecule has 0 fully saturated rings. The van der Waals surface area contributed by atoms with E-state index in [0.717, 1.165) is 10.5 Å². The van der Waals surface area contributed by atoms with E-state index >= 15 is 0 Å². The van der Waals surface area contributed by atoms with E-state index in [4.69, 9.17) is 9.47 Å². The summed E-state index contributed by atoms with van der Waals surface area (Å²) in [6.07, 6.45) is 1.80. The smallest absolute Gasteiger partial charge is 0.262 e. The van der Waals surface area contributed by atoms with Crippen LogP contribution in [0, 0.1) is 0 Å². The van der Waals surface area contributed by atoms with Gasteiger partial charge in [0, 0.05) is 16.5 Å². The number of fused-ring (bicyclic) bond motifs is 1. The van der Waals surface area contributed by atoms with Crippen LogP contribution in [-0.2, 0) is 4.79 Å². The highest BCUT2D eigenvalue weighted by molar-refractivity contribution is 8.04. The van der Waals surface area contributed by atoms with Gasteiger partial charge in [-0.2, -0.15) is 0 Å². The van der Waals surface area contributed by atoms with Crippen molar-refractivity contribution in [3.63, 3.8) is 0 Å². The lowest BCUT2D eigenvalue weighted by atomic mass is 10.1. The lowest BCUT2D eigenvalue weighted by molar-refractivity contribution is -0.112. The van der Waals surface area contributed by atoms with Gasteiger partial charge in [0.05, 0.1) is 24.8 Å². The Morgan fingerprint density at radius 3 is 2.54 bits per heavy atom. The van der Waals surface area contributed by atoms with Gasteiger partial charge in [-0.25, -0.2) is 0 Å². The molecule has 1 aliphatic rings. The Balaban J connectivity index is 1.86. The fourth-order valence-corrected chi connectivity index (χ4v) is 3.67. The highest BCUT2D eigenvalue weighted by Crippen LogP contribution is 2.40. The Morgan fingerprint density at radius 1 is 1.11 bits per heavy atom. The summed E-state index contributed by atoms with van der Waals surface area (Å²) < 4.78 is 10.6. The van der Waals surface area contributed by atoms with Crippen LogP contribution in [0.3, 0.4) is 0 Å². The fourth-order valence-electron chi connectivity index (χ4n) is 2.74. The van der Waals surface area contributed by atoms with Crippen LogP contribution in [0.1, 0.15) is 29.8 Å². The number of methoxy groups -OCH3 is 2. The van der Waals surface area contributed by atoms with Crippen LogP contribution >= 0.6 is 11.8 Å². The van der Waals surface area contributed by atoms with E-state index in [0.29, 0.717) is 27.7 Å². The van der Waals surface area contributed by atoms with Crippen LogP contribution in [-0.4, -0.2) is 32.1 Å². The first-order valence-corrected chi connectivity index (χ1v) is 9.60. The van der Waals surface area contributed by atoms with Crippen molar-refractivity contribution in [2.24, 2.45) is 0 Å². The first kappa shape index (κ1) is 19.8. The van der Waals surface area contributed by atoms with Crippen LogP contribution in [0.4, 0.5) is 5.69 Å². The molecule has 1 heterocycles. The number of rotatable bonds is 5. The average molecular weight is 398 g/mol. The number of nitrogens with one attached hydrogen (secondary N) is 2. The van der Waals surface area contributed by atoms with Gasteiger partial charge in [-0.05, 0) is 55.8 Å². The molecule has 0 radical (unpaired) electrons. The molecule has 6 nitrogen and oxygen atoms in total. The summed E-state index contributed by atoms with van der Waals surface area (Å²) in [4.78, 5) is 26.2. The van der Waals surface area contributed by atoms with Crippen molar-refractivity contribution in [2.45, 2.75) is 24.8 Å². The number of hydrogen-bond donors (Lipinski definition) is 2. The lowest BCUT2D eigenvalue weighted by Crippen LogP contribution is -2.30. The minimum absolute atomic E-state index is 0.0449. The number of benzene rings is 2. The molecule has 0 saturated carbocycles. The molecule has 0 aromatic heterocycles. The Morgan fingerprint density at radius 2 is 1.86 bits per heavy atom. The van der Waals surface area contributed by atoms with Crippen LogP contribution in [0.5, 0.6) is 11.5 Å². The first-order chi connectivity index (χ1) is 13.4. The zero-order chi connectivity index (χ0) is 20.3. The molecule has 0 atom stereocenters. The molecule has 1 aliphatic heterocycles. The lowest BCUT2D eigenvalue weighted by Gasteiger charge is -2.20. The molecule has 0 saturated heterocycles. The molecule has 2 aromatic rings.